The molecule has 160 valence electrons. The summed E-state index contributed by atoms with van der Waals surface area (Å²) in [6.07, 6.45) is -6.02. The number of aliphatic hydroxyl groups excluding tert-OH is 1. The highest BCUT2D eigenvalue weighted by Gasteiger charge is 2.34. The molecule has 4 rings (SSSR count). The van der Waals surface area contributed by atoms with Crippen LogP contribution in [0.25, 0.3) is 11.0 Å². The monoisotopic (exact) mass is 418 g/mol. The van der Waals surface area contributed by atoms with E-state index >= 15 is 0 Å². The molecule has 1 fully saturated rings. The molecule has 2 aliphatic heterocycles. The molecule has 0 bridgehead atoms. The minimum atomic E-state index is -4.49. The Morgan fingerprint density at radius 1 is 1.21 bits per heavy atom. The molecule has 29 heavy (non-hydrogen) atoms. The van der Waals surface area contributed by atoms with Gasteiger partial charge in [0.2, 0.25) is 0 Å². The smallest absolute Gasteiger partial charge is 0.416 e. The van der Waals surface area contributed by atoms with Crippen molar-refractivity contribution in [3.8, 4) is 0 Å². The van der Waals surface area contributed by atoms with Gasteiger partial charge in [-0.2, -0.15) is 13.2 Å². The first-order valence-electron chi connectivity index (χ1n) is 9.46. The Hall–Kier alpha value is -1.88. The number of nitrogens with zero attached hydrogens (tertiary/aromatic N) is 1. The first-order chi connectivity index (χ1) is 13.9. The van der Waals surface area contributed by atoms with Gasteiger partial charge < -0.3 is 23.9 Å². The SMILES string of the molecule is OC1NCCN(CCC2COCC(CF)O2)c2c1oc1ccc(C(F)(F)F)cc21. The van der Waals surface area contributed by atoms with Gasteiger partial charge in [-0.05, 0) is 24.6 Å². The third-order valence-corrected chi connectivity index (χ3v) is 5.18. The third kappa shape index (κ3) is 4.20. The minimum absolute atomic E-state index is 0.180. The number of alkyl halides is 4. The molecule has 1 aromatic heterocycles. The lowest BCUT2D eigenvalue weighted by Gasteiger charge is -2.31. The molecule has 3 unspecified atom stereocenters. The van der Waals surface area contributed by atoms with Gasteiger partial charge in [0.05, 0.1) is 30.6 Å². The van der Waals surface area contributed by atoms with Gasteiger partial charge >= 0.3 is 6.18 Å². The number of fused-ring (bicyclic) bond motifs is 3. The average Bonchev–Trinajstić information content (AvgIpc) is 3.01. The van der Waals surface area contributed by atoms with Crippen molar-refractivity contribution in [1.82, 2.24) is 5.32 Å². The zero-order chi connectivity index (χ0) is 20.6. The van der Waals surface area contributed by atoms with E-state index < -0.39 is 30.7 Å². The van der Waals surface area contributed by atoms with E-state index in [0.29, 0.717) is 43.7 Å². The van der Waals surface area contributed by atoms with E-state index in [4.69, 9.17) is 13.9 Å². The Balaban J connectivity index is 1.63. The van der Waals surface area contributed by atoms with Crippen LogP contribution >= 0.6 is 0 Å². The van der Waals surface area contributed by atoms with E-state index in [9.17, 15) is 22.7 Å². The predicted octanol–water partition coefficient (Wildman–Crippen LogP) is 3.00. The maximum Gasteiger partial charge on any atom is 0.416 e. The van der Waals surface area contributed by atoms with Crippen LogP contribution < -0.4 is 10.2 Å². The number of furan rings is 1. The fraction of sp³-hybridized carbons (Fsp3) is 0.579. The number of anilines is 1. The molecule has 6 nitrogen and oxygen atoms in total. The third-order valence-electron chi connectivity index (χ3n) is 5.18. The molecule has 10 heteroatoms. The number of halogens is 4. The molecule has 2 N–H and O–H groups in total. The van der Waals surface area contributed by atoms with Crippen molar-refractivity contribution in [2.45, 2.75) is 31.0 Å². The van der Waals surface area contributed by atoms with Crippen molar-refractivity contribution in [3.05, 3.63) is 29.5 Å². The van der Waals surface area contributed by atoms with Gasteiger partial charge in [-0.25, -0.2) is 4.39 Å². The van der Waals surface area contributed by atoms with Crippen LogP contribution in [0.2, 0.25) is 0 Å². The molecule has 2 aromatic rings. The predicted molar refractivity (Wildman–Crippen MR) is 96.5 cm³/mol. The van der Waals surface area contributed by atoms with Crippen molar-refractivity contribution in [2.75, 3.05) is 44.4 Å². The summed E-state index contributed by atoms with van der Waals surface area (Å²) in [5.74, 6) is 0.180. The molecule has 0 aliphatic carbocycles. The Morgan fingerprint density at radius 2 is 2.00 bits per heavy atom. The lowest BCUT2D eigenvalue weighted by Crippen LogP contribution is -2.40. The van der Waals surface area contributed by atoms with Gasteiger partial charge in [-0.1, -0.05) is 0 Å². The number of hydrogen-bond donors (Lipinski definition) is 2. The number of ether oxygens (including phenoxy) is 2. The van der Waals surface area contributed by atoms with Crippen molar-refractivity contribution < 1.29 is 36.6 Å². The first kappa shape index (κ1) is 20.4. The molecule has 0 saturated carbocycles. The van der Waals surface area contributed by atoms with Crippen LogP contribution in [-0.2, 0) is 15.7 Å². The maximum absolute atomic E-state index is 13.2. The number of nitrogens with one attached hydrogen (secondary N) is 1. The lowest BCUT2D eigenvalue weighted by molar-refractivity contribution is -0.143. The van der Waals surface area contributed by atoms with Crippen molar-refractivity contribution in [3.63, 3.8) is 0 Å². The van der Waals surface area contributed by atoms with Gasteiger partial charge in [0.25, 0.3) is 0 Å². The van der Waals surface area contributed by atoms with Crippen molar-refractivity contribution in [1.29, 1.82) is 0 Å². The van der Waals surface area contributed by atoms with E-state index in [0.717, 1.165) is 12.1 Å². The Kier molecular flexibility index (Phi) is 5.69. The minimum Gasteiger partial charge on any atom is -0.455 e. The molecule has 0 spiro atoms. The molecule has 1 aromatic carbocycles. The number of hydrogen-bond acceptors (Lipinski definition) is 6. The quantitative estimate of drug-likeness (QED) is 0.745. The maximum atomic E-state index is 13.2. The van der Waals surface area contributed by atoms with Gasteiger partial charge in [0.15, 0.2) is 12.0 Å². The molecule has 2 aliphatic rings. The van der Waals surface area contributed by atoms with Crippen LogP contribution in [-0.4, -0.2) is 56.8 Å². The van der Waals surface area contributed by atoms with E-state index in [-0.39, 0.29) is 24.1 Å². The largest absolute Gasteiger partial charge is 0.455 e. The summed E-state index contributed by atoms with van der Waals surface area (Å²) >= 11 is 0. The van der Waals surface area contributed by atoms with Crippen LogP contribution in [0.3, 0.4) is 0 Å². The van der Waals surface area contributed by atoms with Crippen LogP contribution in [0, 0.1) is 0 Å². The van der Waals surface area contributed by atoms with Crippen LogP contribution in [0.1, 0.15) is 24.0 Å². The molecule has 0 amide bonds. The zero-order valence-corrected chi connectivity index (χ0v) is 15.5. The normalized spacial score (nSPS) is 25.8. The second kappa shape index (κ2) is 8.10. The molecule has 3 heterocycles. The van der Waals surface area contributed by atoms with Crippen LogP contribution in [0.15, 0.2) is 22.6 Å². The van der Waals surface area contributed by atoms with Crippen LogP contribution in [0.4, 0.5) is 23.2 Å². The molecular weight excluding hydrogens is 396 g/mol. The van der Waals surface area contributed by atoms with E-state index in [2.05, 4.69) is 5.32 Å². The van der Waals surface area contributed by atoms with E-state index in [1.165, 1.54) is 6.07 Å². The van der Waals surface area contributed by atoms with Gasteiger partial charge in [-0.15, -0.1) is 0 Å². The van der Waals surface area contributed by atoms with Crippen molar-refractivity contribution in [2.24, 2.45) is 0 Å². The van der Waals surface area contributed by atoms with E-state index in [1.807, 2.05) is 4.90 Å². The standard InChI is InChI=1S/C19H22F4N2O4/c20-8-13-10-27-9-12(28-13)3-5-25-6-4-24-18(26)17-16(25)14-7-11(19(21,22)23)1-2-15(14)29-17/h1-2,7,12-13,18,24,26H,3-6,8-10H2. The Bertz CT molecular complexity index is 857. The summed E-state index contributed by atoms with van der Waals surface area (Å²) in [5, 5.41) is 13.5. The summed E-state index contributed by atoms with van der Waals surface area (Å²) in [5.41, 5.74) is -0.0806. The second-order valence-electron chi connectivity index (χ2n) is 7.23. The number of rotatable bonds is 4. The highest BCUT2D eigenvalue weighted by Crippen LogP contribution is 2.41. The van der Waals surface area contributed by atoms with Gasteiger partial charge in [0.1, 0.15) is 18.4 Å². The Labute approximate surface area is 164 Å². The topological polar surface area (TPSA) is 67.1 Å². The average molecular weight is 418 g/mol. The second-order valence-corrected chi connectivity index (χ2v) is 7.23. The molecular formula is C19H22F4N2O4. The summed E-state index contributed by atoms with van der Waals surface area (Å²) in [6, 6.07) is 3.27. The molecule has 3 atom stereocenters. The van der Waals surface area contributed by atoms with E-state index in [1.54, 1.807) is 0 Å². The first-order valence-corrected chi connectivity index (χ1v) is 9.46. The number of benzene rings is 1. The molecule has 1 saturated heterocycles. The summed E-state index contributed by atoms with van der Waals surface area (Å²) < 4.78 is 69.1. The number of aliphatic hydroxyl groups is 1. The highest BCUT2D eigenvalue weighted by atomic mass is 19.4. The molecule has 0 radical (unpaired) electrons. The summed E-state index contributed by atoms with van der Waals surface area (Å²) in [6.45, 7) is 1.22. The summed E-state index contributed by atoms with van der Waals surface area (Å²) in [4.78, 5) is 1.87. The lowest BCUT2D eigenvalue weighted by atomic mass is 10.1. The van der Waals surface area contributed by atoms with Crippen molar-refractivity contribution >= 4 is 16.7 Å². The van der Waals surface area contributed by atoms with Gasteiger partial charge in [-0.3, -0.25) is 5.32 Å². The zero-order valence-electron chi connectivity index (χ0n) is 15.5. The Morgan fingerprint density at radius 3 is 2.76 bits per heavy atom. The fourth-order valence-corrected chi connectivity index (χ4v) is 3.77. The summed E-state index contributed by atoms with van der Waals surface area (Å²) in [7, 11) is 0. The fourth-order valence-electron chi connectivity index (χ4n) is 3.77. The van der Waals surface area contributed by atoms with Crippen LogP contribution in [0.5, 0.6) is 0 Å². The highest BCUT2D eigenvalue weighted by molar-refractivity contribution is 5.94. The van der Waals surface area contributed by atoms with Gasteiger partial charge in [0, 0.05) is 25.0 Å².